The number of ether oxygens (including phenoxy) is 1. The molecule has 0 radical (unpaired) electrons. The molecule has 0 heterocycles. The normalized spacial score (nSPS) is 17.2. The van der Waals surface area contributed by atoms with E-state index in [4.69, 9.17) is 9.84 Å². The van der Waals surface area contributed by atoms with Crippen molar-refractivity contribution < 1.29 is 19.7 Å². The summed E-state index contributed by atoms with van der Waals surface area (Å²) in [7, 11) is 0. The minimum atomic E-state index is -0.521. The standard InChI is InChI=1S/C14H12O3.C14H24O/c15-13-9-5-4-8-12(13)14(16)17-10-11-6-2-1-3-7-11;1-5-12(10-15)7-9-13-8-6-11(2)14(13,3)4/h1-9,15H,10H2;6-7,13,15H,5,8-10H2,1-4H3. The number of rotatable bonds is 7. The molecular weight excluding hydrogens is 400 g/mol. The summed E-state index contributed by atoms with van der Waals surface area (Å²) in [5.74, 6) is 0.128. The van der Waals surface area contributed by atoms with Gasteiger partial charge in [-0.3, -0.25) is 0 Å². The summed E-state index contributed by atoms with van der Waals surface area (Å²) in [6.07, 6.45) is 7.86. The molecule has 3 rings (SSSR count). The van der Waals surface area contributed by atoms with Crippen LogP contribution in [-0.2, 0) is 11.3 Å². The van der Waals surface area contributed by atoms with Crippen molar-refractivity contribution in [2.75, 3.05) is 6.61 Å². The van der Waals surface area contributed by atoms with Crippen molar-refractivity contribution in [2.24, 2.45) is 11.3 Å². The van der Waals surface area contributed by atoms with Gasteiger partial charge in [0, 0.05) is 0 Å². The Balaban J connectivity index is 0.000000229. The van der Waals surface area contributed by atoms with E-state index < -0.39 is 5.97 Å². The van der Waals surface area contributed by atoms with Crippen LogP contribution in [0, 0.1) is 11.3 Å². The summed E-state index contributed by atoms with van der Waals surface area (Å²) < 4.78 is 5.10. The molecule has 0 aliphatic heterocycles. The lowest BCUT2D eigenvalue weighted by atomic mass is 9.76. The molecule has 2 N–H and O–H groups in total. The molecular formula is C28H36O4. The molecule has 1 unspecified atom stereocenters. The zero-order valence-electron chi connectivity index (χ0n) is 19.7. The van der Waals surface area contributed by atoms with Gasteiger partial charge in [-0.1, -0.05) is 81.0 Å². The van der Waals surface area contributed by atoms with Gasteiger partial charge in [-0.2, -0.15) is 0 Å². The Morgan fingerprint density at radius 1 is 1.12 bits per heavy atom. The molecule has 0 bridgehead atoms. The topological polar surface area (TPSA) is 66.8 Å². The first-order chi connectivity index (χ1) is 15.3. The zero-order valence-corrected chi connectivity index (χ0v) is 19.7. The van der Waals surface area contributed by atoms with Gasteiger partial charge in [0.15, 0.2) is 0 Å². The summed E-state index contributed by atoms with van der Waals surface area (Å²) in [5.41, 5.74) is 4.13. The Bertz CT molecular complexity index is 919. The highest BCUT2D eigenvalue weighted by Crippen LogP contribution is 2.44. The number of para-hydroxylation sites is 1. The fraction of sp³-hybridized carbons (Fsp3) is 0.393. The van der Waals surface area contributed by atoms with Crippen LogP contribution in [0.15, 0.2) is 77.9 Å². The summed E-state index contributed by atoms with van der Waals surface area (Å²) in [4.78, 5) is 11.7. The highest BCUT2D eigenvalue weighted by Gasteiger charge is 2.33. The Morgan fingerprint density at radius 3 is 2.34 bits per heavy atom. The quantitative estimate of drug-likeness (QED) is 0.387. The highest BCUT2D eigenvalue weighted by molar-refractivity contribution is 5.92. The number of carbonyl (C=O) groups is 1. The number of carbonyl (C=O) groups excluding carboxylic acids is 1. The molecule has 0 spiro atoms. The van der Waals surface area contributed by atoms with Crippen LogP contribution in [0.25, 0.3) is 0 Å². The minimum absolute atomic E-state index is 0.0643. The smallest absolute Gasteiger partial charge is 0.342 e. The van der Waals surface area contributed by atoms with Crippen LogP contribution in [0.5, 0.6) is 5.75 Å². The second-order valence-corrected chi connectivity index (χ2v) is 8.73. The summed E-state index contributed by atoms with van der Waals surface area (Å²) in [6.45, 7) is 9.41. The number of aromatic hydroxyl groups is 1. The monoisotopic (exact) mass is 436 g/mol. The van der Waals surface area contributed by atoms with E-state index in [2.05, 4.69) is 39.8 Å². The molecule has 0 saturated carbocycles. The zero-order chi connectivity index (χ0) is 23.6. The van der Waals surface area contributed by atoms with Crippen molar-refractivity contribution in [2.45, 2.75) is 53.6 Å². The van der Waals surface area contributed by atoms with Crippen molar-refractivity contribution in [3.8, 4) is 5.75 Å². The van der Waals surface area contributed by atoms with Crippen molar-refractivity contribution in [3.05, 3.63) is 89.0 Å². The second-order valence-electron chi connectivity index (χ2n) is 8.73. The number of phenols is 1. The lowest BCUT2D eigenvalue weighted by Crippen LogP contribution is -2.19. The van der Waals surface area contributed by atoms with Crippen LogP contribution in [0.4, 0.5) is 0 Å². The van der Waals surface area contributed by atoms with Gasteiger partial charge in [0.1, 0.15) is 17.9 Å². The summed E-state index contributed by atoms with van der Waals surface area (Å²) >= 11 is 0. The van der Waals surface area contributed by atoms with E-state index in [9.17, 15) is 9.90 Å². The van der Waals surface area contributed by atoms with Gasteiger partial charge in [-0.15, -0.1) is 0 Å². The van der Waals surface area contributed by atoms with E-state index in [0.29, 0.717) is 11.3 Å². The Kier molecular flexibility index (Phi) is 9.73. The maximum Gasteiger partial charge on any atom is 0.342 e. The van der Waals surface area contributed by atoms with E-state index in [1.165, 1.54) is 29.7 Å². The van der Waals surface area contributed by atoms with Crippen molar-refractivity contribution >= 4 is 5.97 Å². The molecule has 2 aromatic carbocycles. The van der Waals surface area contributed by atoms with E-state index in [1.807, 2.05) is 30.3 Å². The summed E-state index contributed by atoms with van der Waals surface area (Å²) in [6, 6.07) is 15.7. The van der Waals surface area contributed by atoms with E-state index in [1.54, 1.807) is 12.1 Å². The second kappa shape index (κ2) is 12.3. The molecule has 0 saturated heterocycles. The van der Waals surface area contributed by atoms with E-state index in [-0.39, 0.29) is 24.5 Å². The third-order valence-corrected chi connectivity index (χ3v) is 6.43. The van der Waals surface area contributed by atoms with Gasteiger partial charge in [-0.25, -0.2) is 4.79 Å². The Labute approximate surface area is 192 Å². The molecule has 4 nitrogen and oxygen atoms in total. The number of benzene rings is 2. The molecule has 1 atom stereocenters. The number of phenolic OH excluding ortho intramolecular Hbond substituents is 1. The number of esters is 1. The van der Waals surface area contributed by atoms with E-state index >= 15 is 0 Å². The highest BCUT2D eigenvalue weighted by atomic mass is 16.5. The third kappa shape index (κ3) is 7.10. The van der Waals surface area contributed by atoms with Gasteiger partial charge in [-0.05, 0) is 60.8 Å². The third-order valence-electron chi connectivity index (χ3n) is 6.43. The SMILES string of the molecule is CCC(=CCC1CC=C(C)C1(C)C)CO.O=C(OCc1ccccc1)c1ccccc1O. The van der Waals surface area contributed by atoms with Gasteiger partial charge in [0.2, 0.25) is 0 Å². The molecule has 1 aliphatic carbocycles. The van der Waals surface area contributed by atoms with Crippen molar-refractivity contribution in [3.63, 3.8) is 0 Å². The maximum absolute atomic E-state index is 11.7. The molecule has 2 aromatic rings. The fourth-order valence-electron chi connectivity index (χ4n) is 3.67. The molecule has 0 aromatic heterocycles. The molecule has 172 valence electrons. The lowest BCUT2D eigenvalue weighted by Gasteiger charge is -2.29. The molecule has 0 amide bonds. The van der Waals surface area contributed by atoms with Gasteiger partial charge in [0.25, 0.3) is 0 Å². The average molecular weight is 437 g/mol. The van der Waals surface area contributed by atoms with Crippen molar-refractivity contribution in [1.82, 2.24) is 0 Å². The fourth-order valence-corrected chi connectivity index (χ4v) is 3.67. The Hall–Kier alpha value is -2.85. The first-order valence-corrected chi connectivity index (χ1v) is 11.2. The molecule has 1 aliphatic rings. The maximum atomic E-state index is 11.7. The number of allylic oxidation sites excluding steroid dienone is 3. The lowest BCUT2D eigenvalue weighted by molar-refractivity contribution is 0.0469. The van der Waals surface area contributed by atoms with Gasteiger partial charge in [0.05, 0.1) is 6.61 Å². The van der Waals surface area contributed by atoms with Crippen LogP contribution >= 0.6 is 0 Å². The minimum Gasteiger partial charge on any atom is -0.507 e. The average Bonchev–Trinajstić information content (AvgIpc) is 3.06. The largest absolute Gasteiger partial charge is 0.507 e. The van der Waals surface area contributed by atoms with Crippen LogP contribution < -0.4 is 0 Å². The number of aliphatic hydroxyl groups is 1. The molecule has 0 fully saturated rings. The number of aliphatic hydroxyl groups excluding tert-OH is 1. The van der Waals surface area contributed by atoms with Gasteiger partial charge < -0.3 is 14.9 Å². The van der Waals surface area contributed by atoms with Gasteiger partial charge >= 0.3 is 5.97 Å². The predicted molar refractivity (Wildman–Crippen MR) is 129 cm³/mol. The Morgan fingerprint density at radius 2 is 1.78 bits per heavy atom. The predicted octanol–water partition coefficient (Wildman–Crippen LogP) is 6.45. The molecule has 32 heavy (non-hydrogen) atoms. The molecule has 4 heteroatoms. The first kappa shape index (κ1) is 25.4. The van der Waals surface area contributed by atoms with Crippen molar-refractivity contribution in [1.29, 1.82) is 0 Å². The summed E-state index contributed by atoms with van der Waals surface area (Å²) in [5, 5.41) is 18.6. The van der Waals surface area contributed by atoms with Crippen LogP contribution in [0.2, 0.25) is 0 Å². The van der Waals surface area contributed by atoms with Crippen LogP contribution in [-0.4, -0.2) is 22.8 Å². The number of hydrogen-bond acceptors (Lipinski definition) is 4. The number of hydrogen-bond donors (Lipinski definition) is 2. The first-order valence-electron chi connectivity index (χ1n) is 11.2. The van der Waals surface area contributed by atoms with E-state index in [0.717, 1.165) is 18.4 Å². The van der Waals surface area contributed by atoms with Crippen LogP contribution in [0.3, 0.4) is 0 Å². The van der Waals surface area contributed by atoms with Crippen LogP contribution in [0.1, 0.15) is 62.9 Å².